The SMILES string of the molecule is CC(C)C1N=C(N2CCC(C3CC3CCOc3ccc(CCCN4CC(C(C)(C)O)C4)c(F)c3)CC2)ON1C. The van der Waals surface area contributed by atoms with E-state index in [2.05, 4.69) is 23.6 Å². The lowest BCUT2D eigenvalue weighted by Gasteiger charge is -2.45. The number of nitrogens with zero attached hydrogens (tertiary/aromatic N) is 4. The molecule has 0 radical (unpaired) electrons. The van der Waals surface area contributed by atoms with E-state index < -0.39 is 5.60 Å². The van der Waals surface area contributed by atoms with Gasteiger partial charge in [-0.25, -0.2) is 9.38 Å². The lowest BCUT2D eigenvalue weighted by atomic mass is 9.84. The molecule has 2 saturated heterocycles. The Morgan fingerprint density at radius 2 is 1.95 bits per heavy atom. The first kappa shape index (κ1) is 28.6. The number of hydrogen-bond acceptors (Lipinski definition) is 7. The van der Waals surface area contributed by atoms with Gasteiger partial charge in [-0.15, -0.1) is 5.06 Å². The molecule has 3 atom stereocenters. The fourth-order valence-corrected chi connectivity index (χ4v) is 6.65. The number of amidine groups is 1. The molecule has 3 aliphatic heterocycles. The molecule has 0 spiro atoms. The van der Waals surface area contributed by atoms with E-state index in [0.29, 0.717) is 24.2 Å². The van der Waals surface area contributed by atoms with E-state index in [0.717, 1.165) is 81.3 Å². The van der Waals surface area contributed by atoms with Gasteiger partial charge in [-0.2, -0.15) is 0 Å². The number of ether oxygens (including phenoxy) is 1. The summed E-state index contributed by atoms with van der Waals surface area (Å²) < 4.78 is 20.6. The smallest absolute Gasteiger partial charge is 0.309 e. The molecule has 1 saturated carbocycles. The van der Waals surface area contributed by atoms with Crippen molar-refractivity contribution >= 4 is 6.02 Å². The van der Waals surface area contributed by atoms with Gasteiger partial charge in [-0.05, 0) is 94.2 Å². The van der Waals surface area contributed by atoms with E-state index in [1.807, 2.05) is 38.1 Å². The Labute approximate surface area is 234 Å². The summed E-state index contributed by atoms with van der Waals surface area (Å²) in [6, 6.07) is 6.15. The molecule has 7 nitrogen and oxygen atoms in total. The minimum Gasteiger partial charge on any atom is -0.493 e. The zero-order valence-corrected chi connectivity index (χ0v) is 24.6. The number of rotatable bonds is 11. The van der Waals surface area contributed by atoms with Crippen molar-refractivity contribution in [2.75, 3.05) is 46.4 Å². The maximum absolute atomic E-state index is 14.7. The first-order valence-corrected chi connectivity index (χ1v) is 15.2. The highest BCUT2D eigenvalue weighted by Crippen LogP contribution is 2.49. The van der Waals surface area contributed by atoms with Crippen molar-refractivity contribution in [1.29, 1.82) is 0 Å². The van der Waals surface area contributed by atoms with Crippen LogP contribution in [-0.4, -0.2) is 84.1 Å². The normalized spacial score (nSPS) is 27.0. The number of aliphatic hydroxyl groups is 1. The molecule has 1 aromatic carbocycles. The zero-order valence-electron chi connectivity index (χ0n) is 24.6. The third-order valence-electron chi connectivity index (χ3n) is 9.49. The molecule has 1 aliphatic carbocycles. The van der Waals surface area contributed by atoms with Gasteiger partial charge in [0, 0.05) is 45.2 Å². The van der Waals surface area contributed by atoms with Gasteiger partial charge < -0.3 is 24.5 Å². The van der Waals surface area contributed by atoms with E-state index in [1.54, 1.807) is 6.07 Å². The number of aliphatic imine (C=N–C) groups is 1. The standard InChI is InChI=1S/C31H49FN4O3/c1-21(2)29-33-30(39-34(29)5)36-14-10-22(11-15-36)27-17-24(27)12-16-38-26-9-8-23(28(32)18-26)7-6-13-35-19-25(20-35)31(3,4)37/h8-9,18,21-22,24-25,27,29,37H,6-7,10-17,19-20H2,1-5H3. The van der Waals surface area contributed by atoms with Gasteiger partial charge in [-0.1, -0.05) is 19.9 Å². The Balaban J connectivity index is 0.963. The second-order valence-electron chi connectivity index (χ2n) is 13.3. The van der Waals surface area contributed by atoms with Crippen molar-refractivity contribution < 1.29 is 19.1 Å². The van der Waals surface area contributed by atoms with E-state index in [9.17, 15) is 9.50 Å². The molecule has 8 heteroatoms. The van der Waals surface area contributed by atoms with Gasteiger partial charge in [0.1, 0.15) is 17.7 Å². The van der Waals surface area contributed by atoms with Gasteiger partial charge >= 0.3 is 6.02 Å². The molecule has 218 valence electrons. The molecule has 0 bridgehead atoms. The van der Waals surface area contributed by atoms with Crippen molar-refractivity contribution in [1.82, 2.24) is 14.9 Å². The Bertz CT molecular complexity index is 998. The Kier molecular flexibility index (Phi) is 8.74. The number of hydrogen-bond donors (Lipinski definition) is 1. The summed E-state index contributed by atoms with van der Waals surface area (Å²) in [5, 5.41) is 11.9. The monoisotopic (exact) mass is 544 g/mol. The van der Waals surface area contributed by atoms with Crippen LogP contribution in [0.2, 0.25) is 0 Å². The second-order valence-corrected chi connectivity index (χ2v) is 13.3. The highest BCUT2D eigenvalue weighted by atomic mass is 19.1. The van der Waals surface area contributed by atoms with Gasteiger partial charge in [0.25, 0.3) is 0 Å². The van der Waals surface area contributed by atoms with Crippen LogP contribution in [0, 0.1) is 35.4 Å². The average molecular weight is 545 g/mol. The van der Waals surface area contributed by atoms with Crippen molar-refractivity contribution in [3.05, 3.63) is 29.6 Å². The summed E-state index contributed by atoms with van der Waals surface area (Å²) in [4.78, 5) is 15.4. The minimum atomic E-state index is -0.604. The highest BCUT2D eigenvalue weighted by molar-refractivity contribution is 5.75. The number of halogens is 1. The topological polar surface area (TPSA) is 60.8 Å². The summed E-state index contributed by atoms with van der Waals surface area (Å²) in [5.74, 6) is 3.57. The fourth-order valence-electron chi connectivity index (χ4n) is 6.65. The number of piperidine rings is 1. The molecule has 0 amide bonds. The predicted molar refractivity (Wildman–Crippen MR) is 152 cm³/mol. The predicted octanol–water partition coefficient (Wildman–Crippen LogP) is 4.79. The molecule has 4 aliphatic rings. The highest BCUT2D eigenvalue weighted by Gasteiger charge is 2.44. The Morgan fingerprint density at radius 3 is 2.59 bits per heavy atom. The summed E-state index contributed by atoms with van der Waals surface area (Å²) in [5.41, 5.74) is 0.156. The van der Waals surface area contributed by atoms with E-state index >= 15 is 0 Å². The van der Waals surface area contributed by atoms with Gasteiger partial charge in [-0.3, -0.25) is 0 Å². The van der Waals surface area contributed by atoms with E-state index in [1.165, 1.54) is 19.3 Å². The lowest BCUT2D eigenvalue weighted by Crippen LogP contribution is -2.55. The molecule has 3 unspecified atom stereocenters. The maximum Gasteiger partial charge on any atom is 0.309 e. The van der Waals surface area contributed by atoms with Crippen LogP contribution < -0.4 is 4.74 Å². The van der Waals surface area contributed by atoms with Crippen LogP contribution >= 0.6 is 0 Å². The number of aryl methyl sites for hydroxylation is 1. The van der Waals surface area contributed by atoms with Crippen LogP contribution in [-0.2, 0) is 11.3 Å². The average Bonchev–Trinajstić information content (AvgIpc) is 3.51. The van der Waals surface area contributed by atoms with Crippen LogP contribution in [0.25, 0.3) is 0 Å². The van der Waals surface area contributed by atoms with Crippen molar-refractivity contribution in [2.45, 2.75) is 78.0 Å². The van der Waals surface area contributed by atoms with Crippen LogP contribution in [0.5, 0.6) is 5.75 Å². The van der Waals surface area contributed by atoms with Crippen molar-refractivity contribution in [3.8, 4) is 5.75 Å². The molecule has 1 aromatic rings. The summed E-state index contributed by atoms with van der Waals surface area (Å²) >= 11 is 0. The third kappa shape index (κ3) is 7.06. The number of benzene rings is 1. The van der Waals surface area contributed by atoms with Crippen molar-refractivity contribution in [3.63, 3.8) is 0 Å². The Hall–Kier alpha value is -1.90. The molecule has 0 aromatic heterocycles. The largest absolute Gasteiger partial charge is 0.493 e. The van der Waals surface area contributed by atoms with Gasteiger partial charge in [0.05, 0.1) is 12.2 Å². The summed E-state index contributed by atoms with van der Waals surface area (Å²) in [6.07, 6.45) is 6.51. The quantitative estimate of drug-likeness (QED) is 0.432. The molecular weight excluding hydrogens is 495 g/mol. The van der Waals surface area contributed by atoms with Crippen LogP contribution in [0.3, 0.4) is 0 Å². The maximum atomic E-state index is 14.7. The van der Waals surface area contributed by atoms with Crippen LogP contribution in [0.15, 0.2) is 23.2 Å². The first-order chi connectivity index (χ1) is 18.6. The zero-order chi connectivity index (χ0) is 27.7. The fraction of sp³-hybridized carbons (Fsp3) is 0.774. The van der Waals surface area contributed by atoms with Crippen LogP contribution in [0.4, 0.5) is 4.39 Å². The van der Waals surface area contributed by atoms with Gasteiger partial charge in [0.2, 0.25) is 0 Å². The van der Waals surface area contributed by atoms with E-state index in [4.69, 9.17) is 14.6 Å². The second kappa shape index (κ2) is 11.9. The first-order valence-electron chi connectivity index (χ1n) is 15.2. The molecule has 39 heavy (non-hydrogen) atoms. The molecule has 5 rings (SSSR count). The molecule has 3 fully saturated rings. The number of likely N-dealkylation sites (tertiary alicyclic amines) is 2. The van der Waals surface area contributed by atoms with E-state index in [-0.39, 0.29) is 12.0 Å². The minimum absolute atomic E-state index is 0.111. The lowest BCUT2D eigenvalue weighted by molar-refractivity contribution is -0.0800. The van der Waals surface area contributed by atoms with Gasteiger partial charge in [0.15, 0.2) is 0 Å². The van der Waals surface area contributed by atoms with Crippen molar-refractivity contribution in [2.24, 2.45) is 34.6 Å². The summed E-state index contributed by atoms with van der Waals surface area (Å²) in [7, 11) is 1.97. The molecular formula is C31H49FN4O3. The summed E-state index contributed by atoms with van der Waals surface area (Å²) in [6.45, 7) is 13.6. The molecule has 1 N–H and O–H groups in total. The number of hydroxylamine groups is 2. The van der Waals surface area contributed by atoms with Crippen LogP contribution in [0.1, 0.15) is 65.4 Å². The third-order valence-corrected chi connectivity index (χ3v) is 9.49. The Morgan fingerprint density at radius 1 is 1.21 bits per heavy atom. The molecule has 3 heterocycles.